The minimum Gasteiger partial charge on any atom is -0.309 e. The summed E-state index contributed by atoms with van der Waals surface area (Å²) in [5.74, 6) is 0. The Hall–Kier alpha value is -1.74. The molecule has 0 N–H and O–H groups in total. The fourth-order valence-corrected chi connectivity index (χ4v) is 1.93. The van der Waals surface area contributed by atoms with Crippen LogP contribution in [0.15, 0.2) is 42.9 Å². The lowest BCUT2D eigenvalue weighted by Crippen LogP contribution is -2.13. The predicted octanol–water partition coefficient (Wildman–Crippen LogP) is 2.64. The second kappa shape index (κ2) is 6.26. The van der Waals surface area contributed by atoms with Crippen LogP contribution in [0.1, 0.15) is 12.0 Å². The summed E-state index contributed by atoms with van der Waals surface area (Å²) >= 11 is 0. The number of aromatic nitrogens is 2. The Labute approximate surface area is 109 Å². The molecule has 0 aliphatic rings. The van der Waals surface area contributed by atoms with Crippen molar-refractivity contribution >= 4 is 0 Å². The lowest BCUT2D eigenvalue weighted by Gasteiger charge is -2.09. The van der Waals surface area contributed by atoms with Gasteiger partial charge in [-0.15, -0.1) is 0 Å². The van der Waals surface area contributed by atoms with Crippen LogP contribution in [-0.4, -0.2) is 35.5 Å². The van der Waals surface area contributed by atoms with Gasteiger partial charge in [0.05, 0.1) is 11.9 Å². The highest BCUT2D eigenvalue weighted by Crippen LogP contribution is 2.17. The first-order valence-electron chi connectivity index (χ1n) is 6.26. The summed E-state index contributed by atoms with van der Waals surface area (Å²) in [7, 11) is 4.21. The van der Waals surface area contributed by atoms with Crippen LogP contribution in [0.25, 0.3) is 11.3 Å². The molecule has 0 bridgehead atoms. The van der Waals surface area contributed by atoms with Crippen molar-refractivity contribution in [1.82, 2.24) is 14.9 Å². The van der Waals surface area contributed by atoms with Gasteiger partial charge in [-0.3, -0.25) is 9.97 Å². The topological polar surface area (TPSA) is 29.0 Å². The molecule has 0 radical (unpaired) electrons. The van der Waals surface area contributed by atoms with Crippen molar-refractivity contribution in [2.45, 2.75) is 12.8 Å². The standard InChI is InChI=1S/C15H19N3/c1-18(2)10-4-6-13-5-3-7-14(11-13)15-12-16-8-9-17-15/h3,5,7-9,11-12H,4,6,10H2,1-2H3. The van der Waals surface area contributed by atoms with Crippen molar-refractivity contribution in [3.63, 3.8) is 0 Å². The highest BCUT2D eigenvalue weighted by atomic mass is 15.0. The minimum atomic E-state index is 0.937. The molecule has 1 heterocycles. The Balaban J connectivity index is 2.06. The van der Waals surface area contributed by atoms with Gasteiger partial charge in [-0.2, -0.15) is 0 Å². The fraction of sp³-hybridized carbons (Fsp3) is 0.333. The van der Waals surface area contributed by atoms with Crippen molar-refractivity contribution in [2.75, 3.05) is 20.6 Å². The van der Waals surface area contributed by atoms with E-state index in [1.165, 1.54) is 12.0 Å². The number of aryl methyl sites for hydroxylation is 1. The van der Waals surface area contributed by atoms with Gasteiger partial charge in [0.15, 0.2) is 0 Å². The van der Waals surface area contributed by atoms with E-state index in [1.54, 1.807) is 18.6 Å². The summed E-state index contributed by atoms with van der Waals surface area (Å²) in [4.78, 5) is 10.6. The third-order valence-corrected chi connectivity index (χ3v) is 2.86. The van der Waals surface area contributed by atoms with Crippen LogP contribution < -0.4 is 0 Å². The van der Waals surface area contributed by atoms with E-state index in [0.29, 0.717) is 0 Å². The average Bonchev–Trinajstić information content (AvgIpc) is 2.40. The Bertz CT molecular complexity index is 480. The van der Waals surface area contributed by atoms with Gasteiger partial charge in [0, 0.05) is 18.0 Å². The van der Waals surface area contributed by atoms with E-state index in [4.69, 9.17) is 0 Å². The molecule has 0 amide bonds. The summed E-state index contributed by atoms with van der Waals surface area (Å²) in [6.45, 7) is 1.12. The van der Waals surface area contributed by atoms with Gasteiger partial charge in [0.1, 0.15) is 0 Å². The van der Waals surface area contributed by atoms with E-state index in [9.17, 15) is 0 Å². The van der Waals surface area contributed by atoms with Crippen molar-refractivity contribution < 1.29 is 0 Å². The van der Waals surface area contributed by atoms with Crippen molar-refractivity contribution in [3.8, 4) is 11.3 Å². The van der Waals surface area contributed by atoms with Crippen LogP contribution in [-0.2, 0) is 6.42 Å². The zero-order valence-electron chi connectivity index (χ0n) is 11.0. The molecule has 0 saturated carbocycles. The first-order valence-corrected chi connectivity index (χ1v) is 6.26. The third kappa shape index (κ3) is 3.64. The van der Waals surface area contributed by atoms with Gasteiger partial charge in [-0.05, 0) is 45.1 Å². The van der Waals surface area contributed by atoms with Crippen molar-refractivity contribution in [2.24, 2.45) is 0 Å². The monoisotopic (exact) mass is 241 g/mol. The molecule has 0 spiro atoms. The third-order valence-electron chi connectivity index (χ3n) is 2.86. The molecule has 94 valence electrons. The van der Waals surface area contributed by atoms with Crippen molar-refractivity contribution in [3.05, 3.63) is 48.4 Å². The highest BCUT2D eigenvalue weighted by molar-refractivity contribution is 5.58. The molecule has 0 unspecified atom stereocenters. The number of nitrogens with zero attached hydrogens (tertiary/aromatic N) is 3. The second-order valence-corrected chi connectivity index (χ2v) is 4.70. The summed E-state index contributed by atoms with van der Waals surface area (Å²) in [5.41, 5.74) is 3.44. The van der Waals surface area contributed by atoms with E-state index in [0.717, 1.165) is 24.2 Å². The van der Waals surface area contributed by atoms with Gasteiger partial charge in [0.25, 0.3) is 0 Å². The zero-order valence-corrected chi connectivity index (χ0v) is 11.0. The summed E-state index contributed by atoms with van der Waals surface area (Å²) < 4.78 is 0. The van der Waals surface area contributed by atoms with Crippen LogP contribution in [0.2, 0.25) is 0 Å². The van der Waals surface area contributed by atoms with E-state index in [-0.39, 0.29) is 0 Å². The molecule has 3 nitrogen and oxygen atoms in total. The SMILES string of the molecule is CN(C)CCCc1cccc(-c2cnccn2)c1. The molecule has 0 fully saturated rings. The van der Waals surface area contributed by atoms with Gasteiger partial charge in [0.2, 0.25) is 0 Å². The van der Waals surface area contributed by atoms with Gasteiger partial charge in [-0.25, -0.2) is 0 Å². The van der Waals surface area contributed by atoms with Gasteiger partial charge >= 0.3 is 0 Å². The lowest BCUT2D eigenvalue weighted by molar-refractivity contribution is 0.400. The Kier molecular flexibility index (Phi) is 4.42. The molecular formula is C15H19N3. The molecule has 3 heteroatoms. The Morgan fingerprint density at radius 2 is 2.06 bits per heavy atom. The van der Waals surface area contributed by atoms with E-state index in [2.05, 4.69) is 53.2 Å². The molecule has 2 aromatic rings. The largest absolute Gasteiger partial charge is 0.309 e. The van der Waals surface area contributed by atoms with Crippen LogP contribution in [0.3, 0.4) is 0 Å². The molecule has 0 aliphatic carbocycles. The summed E-state index contributed by atoms with van der Waals surface area (Å²) in [5, 5.41) is 0. The Morgan fingerprint density at radius 3 is 2.78 bits per heavy atom. The second-order valence-electron chi connectivity index (χ2n) is 4.70. The molecule has 0 aliphatic heterocycles. The van der Waals surface area contributed by atoms with Crippen LogP contribution in [0, 0.1) is 0 Å². The number of hydrogen-bond acceptors (Lipinski definition) is 3. The maximum atomic E-state index is 4.33. The minimum absolute atomic E-state index is 0.937. The molecule has 0 saturated heterocycles. The Morgan fingerprint density at radius 1 is 1.17 bits per heavy atom. The van der Waals surface area contributed by atoms with Gasteiger partial charge in [-0.1, -0.05) is 18.2 Å². The fourth-order valence-electron chi connectivity index (χ4n) is 1.93. The summed E-state index contributed by atoms with van der Waals surface area (Å²) in [6.07, 6.45) is 7.51. The first-order chi connectivity index (χ1) is 8.75. The molecule has 2 rings (SSSR count). The van der Waals surface area contributed by atoms with E-state index in [1.807, 2.05) is 0 Å². The number of benzene rings is 1. The van der Waals surface area contributed by atoms with E-state index < -0.39 is 0 Å². The predicted molar refractivity (Wildman–Crippen MR) is 74.3 cm³/mol. The average molecular weight is 241 g/mol. The number of hydrogen-bond donors (Lipinski definition) is 0. The molecule has 0 atom stereocenters. The lowest BCUT2D eigenvalue weighted by atomic mass is 10.0. The smallest absolute Gasteiger partial charge is 0.0885 e. The molecule has 1 aromatic carbocycles. The first kappa shape index (κ1) is 12.7. The highest BCUT2D eigenvalue weighted by Gasteiger charge is 2.01. The number of rotatable bonds is 5. The van der Waals surface area contributed by atoms with Crippen LogP contribution in [0.4, 0.5) is 0 Å². The maximum absolute atomic E-state index is 4.33. The van der Waals surface area contributed by atoms with Crippen LogP contribution >= 0.6 is 0 Å². The summed E-state index contributed by atoms with van der Waals surface area (Å²) in [6, 6.07) is 8.56. The van der Waals surface area contributed by atoms with Gasteiger partial charge < -0.3 is 4.90 Å². The maximum Gasteiger partial charge on any atom is 0.0885 e. The van der Waals surface area contributed by atoms with E-state index >= 15 is 0 Å². The van der Waals surface area contributed by atoms with Crippen LogP contribution in [0.5, 0.6) is 0 Å². The quantitative estimate of drug-likeness (QED) is 0.806. The normalized spacial score (nSPS) is 10.8. The zero-order chi connectivity index (χ0) is 12.8. The van der Waals surface area contributed by atoms with Crippen molar-refractivity contribution in [1.29, 1.82) is 0 Å². The molecule has 18 heavy (non-hydrogen) atoms. The molecular weight excluding hydrogens is 222 g/mol. The molecule has 1 aromatic heterocycles.